The Morgan fingerprint density at radius 2 is 1.62 bits per heavy atom. The molecule has 3 nitrogen and oxygen atoms in total. The maximum atomic E-state index is 9.31. The van der Waals surface area contributed by atoms with E-state index < -0.39 is 0 Å². The van der Waals surface area contributed by atoms with Gasteiger partial charge in [-0.25, -0.2) is 0 Å². The molecule has 0 amide bonds. The first-order valence-corrected chi connectivity index (χ1v) is 7.55. The van der Waals surface area contributed by atoms with Crippen molar-refractivity contribution in [2.75, 3.05) is 18.4 Å². The van der Waals surface area contributed by atoms with E-state index in [1.165, 1.54) is 11.3 Å². The van der Waals surface area contributed by atoms with Crippen molar-refractivity contribution >= 4 is 5.69 Å². The van der Waals surface area contributed by atoms with Crippen LogP contribution in [0.2, 0.25) is 0 Å². The summed E-state index contributed by atoms with van der Waals surface area (Å²) in [5.74, 6) is 0.306. The Balaban J connectivity index is 2.04. The summed E-state index contributed by atoms with van der Waals surface area (Å²) in [4.78, 5) is 2.40. The minimum Gasteiger partial charge on any atom is -0.508 e. The van der Waals surface area contributed by atoms with E-state index in [9.17, 15) is 5.11 Å². The molecule has 0 heterocycles. The smallest absolute Gasteiger partial charge is 0.115 e. The Bertz CT molecular complexity index is 547. The van der Waals surface area contributed by atoms with Gasteiger partial charge in [0.2, 0.25) is 0 Å². The van der Waals surface area contributed by atoms with Crippen molar-refractivity contribution in [1.29, 1.82) is 0 Å². The van der Waals surface area contributed by atoms with Gasteiger partial charge in [0, 0.05) is 18.8 Å². The number of anilines is 1. The zero-order chi connectivity index (χ0) is 15.1. The number of nitrogens with zero attached hydrogens (tertiary/aromatic N) is 1. The molecule has 0 saturated heterocycles. The number of phenolic OH excluding ortho intramolecular Hbond substituents is 1. The predicted octanol–water partition coefficient (Wildman–Crippen LogP) is 3.85. The third kappa shape index (κ3) is 4.50. The van der Waals surface area contributed by atoms with Gasteiger partial charge < -0.3 is 10.4 Å². The second-order valence-electron chi connectivity index (χ2n) is 5.14. The van der Waals surface area contributed by atoms with Gasteiger partial charge in [-0.1, -0.05) is 44.2 Å². The number of rotatable bonds is 7. The van der Waals surface area contributed by atoms with E-state index in [0.29, 0.717) is 5.75 Å². The molecule has 0 aromatic heterocycles. The quantitative estimate of drug-likeness (QED) is 0.810. The molecule has 2 rings (SSSR count). The summed E-state index contributed by atoms with van der Waals surface area (Å²) >= 11 is 0. The lowest BCUT2D eigenvalue weighted by atomic mass is 10.1. The lowest BCUT2D eigenvalue weighted by Gasteiger charge is -2.20. The fraction of sp³-hybridized carbons (Fsp3) is 0.333. The number of hydrogen-bond acceptors (Lipinski definition) is 3. The molecule has 0 aliphatic heterocycles. The van der Waals surface area contributed by atoms with Gasteiger partial charge in [0.25, 0.3) is 0 Å². The second-order valence-corrected chi connectivity index (χ2v) is 5.14. The highest BCUT2D eigenvalue weighted by atomic mass is 16.3. The first-order chi connectivity index (χ1) is 10.2. The van der Waals surface area contributed by atoms with E-state index in [4.69, 9.17) is 0 Å². The fourth-order valence-corrected chi connectivity index (χ4v) is 2.33. The summed E-state index contributed by atoms with van der Waals surface area (Å²) < 4.78 is 0. The summed E-state index contributed by atoms with van der Waals surface area (Å²) in [5, 5.41) is 12.8. The van der Waals surface area contributed by atoms with Gasteiger partial charge in [0.15, 0.2) is 0 Å². The second kappa shape index (κ2) is 7.70. The average Bonchev–Trinajstić information content (AvgIpc) is 2.53. The molecular weight excluding hydrogens is 260 g/mol. The van der Waals surface area contributed by atoms with Crippen molar-refractivity contribution in [3.63, 3.8) is 0 Å². The van der Waals surface area contributed by atoms with Crippen LogP contribution in [0, 0.1) is 0 Å². The van der Waals surface area contributed by atoms with Crippen LogP contribution in [-0.2, 0) is 13.1 Å². The Kier molecular flexibility index (Phi) is 5.64. The van der Waals surface area contributed by atoms with Crippen LogP contribution in [0.25, 0.3) is 0 Å². The van der Waals surface area contributed by atoms with Gasteiger partial charge in [0.05, 0.1) is 0 Å². The van der Waals surface area contributed by atoms with Crippen LogP contribution in [0.15, 0.2) is 48.5 Å². The van der Waals surface area contributed by atoms with Crippen molar-refractivity contribution in [2.45, 2.75) is 26.9 Å². The summed E-state index contributed by atoms with van der Waals surface area (Å²) in [6.45, 7) is 8.22. The molecule has 3 heteroatoms. The Morgan fingerprint density at radius 1 is 0.952 bits per heavy atom. The van der Waals surface area contributed by atoms with Crippen LogP contribution in [0.4, 0.5) is 5.69 Å². The predicted molar refractivity (Wildman–Crippen MR) is 88.5 cm³/mol. The van der Waals surface area contributed by atoms with Crippen molar-refractivity contribution in [3.8, 4) is 5.75 Å². The molecule has 0 aliphatic rings. The third-order valence-corrected chi connectivity index (χ3v) is 3.73. The molecule has 0 unspecified atom stereocenters. The minimum atomic E-state index is 0.306. The highest BCUT2D eigenvalue weighted by Gasteiger charge is 2.06. The zero-order valence-corrected chi connectivity index (χ0v) is 12.8. The van der Waals surface area contributed by atoms with E-state index in [2.05, 4.69) is 48.3 Å². The highest BCUT2D eigenvalue weighted by Crippen LogP contribution is 2.19. The summed E-state index contributed by atoms with van der Waals surface area (Å²) in [7, 11) is 0. The van der Waals surface area contributed by atoms with Gasteiger partial charge in [-0.15, -0.1) is 0 Å². The van der Waals surface area contributed by atoms with Gasteiger partial charge in [-0.05, 0) is 42.4 Å². The van der Waals surface area contributed by atoms with Gasteiger partial charge in [0.1, 0.15) is 5.75 Å². The van der Waals surface area contributed by atoms with Crippen LogP contribution in [-0.4, -0.2) is 23.1 Å². The molecule has 0 bridgehead atoms. The SMILES string of the molecule is CCN(CC)Cc1ccccc1NCc1ccc(O)cc1. The van der Waals surface area contributed by atoms with E-state index in [1.807, 2.05) is 12.1 Å². The molecule has 0 spiro atoms. The van der Waals surface area contributed by atoms with Gasteiger partial charge in [-0.2, -0.15) is 0 Å². The van der Waals surface area contributed by atoms with Gasteiger partial charge >= 0.3 is 0 Å². The lowest BCUT2D eigenvalue weighted by Crippen LogP contribution is -2.22. The average molecular weight is 284 g/mol. The number of nitrogens with one attached hydrogen (secondary N) is 1. The maximum Gasteiger partial charge on any atom is 0.115 e. The normalized spacial score (nSPS) is 10.8. The molecule has 0 radical (unpaired) electrons. The Labute approximate surface area is 127 Å². The highest BCUT2D eigenvalue weighted by molar-refractivity contribution is 5.51. The molecule has 2 N–H and O–H groups in total. The molecule has 2 aromatic rings. The van der Waals surface area contributed by atoms with Crippen LogP contribution >= 0.6 is 0 Å². The standard InChI is InChI=1S/C18H24N2O/c1-3-20(4-2)14-16-7-5-6-8-18(16)19-13-15-9-11-17(21)12-10-15/h5-12,19,21H,3-4,13-14H2,1-2H3. The van der Waals surface area contributed by atoms with Crippen molar-refractivity contribution < 1.29 is 5.11 Å². The number of para-hydroxylation sites is 1. The lowest BCUT2D eigenvalue weighted by molar-refractivity contribution is 0.296. The van der Waals surface area contributed by atoms with E-state index >= 15 is 0 Å². The molecular formula is C18H24N2O. The van der Waals surface area contributed by atoms with Crippen molar-refractivity contribution in [1.82, 2.24) is 4.90 Å². The molecule has 2 aromatic carbocycles. The number of phenols is 1. The summed E-state index contributed by atoms with van der Waals surface area (Å²) in [6.07, 6.45) is 0. The van der Waals surface area contributed by atoms with E-state index in [-0.39, 0.29) is 0 Å². The third-order valence-electron chi connectivity index (χ3n) is 3.73. The zero-order valence-electron chi connectivity index (χ0n) is 12.8. The number of hydrogen-bond donors (Lipinski definition) is 2. The van der Waals surface area contributed by atoms with Gasteiger partial charge in [-0.3, -0.25) is 4.90 Å². The van der Waals surface area contributed by atoms with Crippen molar-refractivity contribution in [2.24, 2.45) is 0 Å². The molecule has 21 heavy (non-hydrogen) atoms. The summed E-state index contributed by atoms with van der Waals surface area (Å²) in [5.41, 5.74) is 3.66. The molecule has 0 fully saturated rings. The first-order valence-electron chi connectivity index (χ1n) is 7.55. The molecule has 0 saturated carbocycles. The van der Waals surface area contributed by atoms with Crippen LogP contribution in [0.5, 0.6) is 5.75 Å². The Hall–Kier alpha value is -2.00. The largest absolute Gasteiger partial charge is 0.508 e. The molecule has 112 valence electrons. The summed E-state index contributed by atoms with van der Waals surface area (Å²) in [6, 6.07) is 15.8. The Morgan fingerprint density at radius 3 is 2.29 bits per heavy atom. The molecule has 0 atom stereocenters. The van der Waals surface area contributed by atoms with Crippen molar-refractivity contribution in [3.05, 3.63) is 59.7 Å². The fourth-order valence-electron chi connectivity index (χ4n) is 2.33. The van der Waals surface area contributed by atoms with E-state index in [0.717, 1.165) is 31.7 Å². The van der Waals surface area contributed by atoms with Crippen LogP contribution in [0.3, 0.4) is 0 Å². The first kappa shape index (κ1) is 15.4. The monoisotopic (exact) mass is 284 g/mol. The topological polar surface area (TPSA) is 35.5 Å². The number of benzene rings is 2. The van der Waals surface area contributed by atoms with E-state index in [1.54, 1.807) is 12.1 Å². The number of aromatic hydroxyl groups is 1. The maximum absolute atomic E-state index is 9.31. The van der Waals surface area contributed by atoms with Crippen LogP contribution in [0.1, 0.15) is 25.0 Å². The molecule has 0 aliphatic carbocycles. The minimum absolute atomic E-state index is 0.306. The van der Waals surface area contributed by atoms with Crippen LogP contribution < -0.4 is 5.32 Å².